The molecular formula is C22H28N4O3. The standard InChI is InChI=1S/C22H28N4O3/c1-25(14-15-26-20(27)22(23-21(26)28)11-5-6-12-22)13-7-10-18-16-19(24-29-18)17-8-3-2-4-9-17/h2-4,8-9,16H,5-7,10-15H2,1H3,(H,23,28). The van der Waals surface area contributed by atoms with Crippen molar-refractivity contribution in [3.05, 3.63) is 42.2 Å². The molecule has 2 heterocycles. The molecule has 7 nitrogen and oxygen atoms in total. The smallest absolute Gasteiger partial charge is 0.325 e. The monoisotopic (exact) mass is 396 g/mol. The van der Waals surface area contributed by atoms with Crippen LogP contribution in [0.3, 0.4) is 0 Å². The van der Waals surface area contributed by atoms with Crippen molar-refractivity contribution in [2.45, 2.75) is 44.1 Å². The second-order valence-electron chi connectivity index (χ2n) is 8.13. The first-order chi connectivity index (χ1) is 14.1. The van der Waals surface area contributed by atoms with Crippen molar-refractivity contribution >= 4 is 11.9 Å². The predicted molar refractivity (Wildman–Crippen MR) is 109 cm³/mol. The van der Waals surface area contributed by atoms with E-state index in [1.807, 2.05) is 43.4 Å². The molecule has 154 valence electrons. The number of likely N-dealkylation sites (N-methyl/N-ethyl adjacent to an activating group) is 1. The average Bonchev–Trinajstić information content (AvgIpc) is 3.43. The van der Waals surface area contributed by atoms with Gasteiger partial charge in [-0.2, -0.15) is 0 Å². The van der Waals surface area contributed by atoms with Crippen LogP contribution < -0.4 is 5.32 Å². The number of benzene rings is 1. The Hall–Kier alpha value is -2.67. The van der Waals surface area contributed by atoms with E-state index in [0.717, 1.165) is 62.1 Å². The zero-order valence-corrected chi connectivity index (χ0v) is 16.9. The van der Waals surface area contributed by atoms with Crippen LogP contribution in [0, 0.1) is 0 Å². The van der Waals surface area contributed by atoms with Gasteiger partial charge in [0.2, 0.25) is 0 Å². The van der Waals surface area contributed by atoms with E-state index < -0.39 is 5.54 Å². The molecular weight excluding hydrogens is 368 g/mol. The number of urea groups is 1. The molecule has 0 bridgehead atoms. The first-order valence-corrected chi connectivity index (χ1v) is 10.4. The number of rotatable bonds is 8. The van der Waals surface area contributed by atoms with Crippen LogP contribution >= 0.6 is 0 Å². The van der Waals surface area contributed by atoms with Gasteiger partial charge in [-0.1, -0.05) is 48.3 Å². The first-order valence-electron chi connectivity index (χ1n) is 10.4. The van der Waals surface area contributed by atoms with Crippen LogP contribution in [-0.2, 0) is 11.2 Å². The molecule has 3 amide bonds. The number of hydrogen-bond acceptors (Lipinski definition) is 5. The number of nitrogens with zero attached hydrogens (tertiary/aromatic N) is 3. The van der Waals surface area contributed by atoms with Gasteiger partial charge in [-0.25, -0.2) is 4.79 Å². The Morgan fingerprint density at radius 3 is 2.69 bits per heavy atom. The van der Waals surface area contributed by atoms with E-state index in [-0.39, 0.29) is 11.9 Å². The summed E-state index contributed by atoms with van der Waals surface area (Å²) in [5.41, 5.74) is 1.29. The average molecular weight is 396 g/mol. The minimum Gasteiger partial charge on any atom is -0.361 e. The highest BCUT2D eigenvalue weighted by molar-refractivity contribution is 6.07. The van der Waals surface area contributed by atoms with Gasteiger partial charge >= 0.3 is 6.03 Å². The summed E-state index contributed by atoms with van der Waals surface area (Å²) in [5, 5.41) is 7.08. The molecule has 1 aliphatic heterocycles. The molecule has 0 atom stereocenters. The van der Waals surface area contributed by atoms with Crippen molar-refractivity contribution in [3.63, 3.8) is 0 Å². The molecule has 2 aromatic rings. The third kappa shape index (κ3) is 4.19. The highest BCUT2D eigenvalue weighted by Gasteiger charge is 2.52. The lowest BCUT2D eigenvalue weighted by molar-refractivity contribution is -0.131. The summed E-state index contributed by atoms with van der Waals surface area (Å²) < 4.78 is 5.45. The maximum Gasteiger partial charge on any atom is 0.325 e. The number of nitrogens with one attached hydrogen (secondary N) is 1. The zero-order chi connectivity index (χ0) is 20.3. The maximum atomic E-state index is 12.7. The van der Waals surface area contributed by atoms with Crippen LogP contribution in [0.5, 0.6) is 0 Å². The lowest BCUT2D eigenvalue weighted by atomic mass is 9.98. The van der Waals surface area contributed by atoms with Crippen LogP contribution in [0.25, 0.3) is 11.3 Å². The molecule has 1 aliphatic carbocycles. The normalized spacial score (nSPS) is 18.2. The number of carbonyl (C=O) groups excluding carboxylic acids is 2. The number of aryl methyl sites for hydroxylation is 1. The molecule has 1 saturated carbocycles. The van der Waals surface area contributed by atoms with E-state index in [9.17, 15) is 9.59 Å². The molecule has 1 spiro atoms. The highest BCUT2D eigenvalue weighted by Crippen LogP contribution is 2.34. The van der Waals surface area contributed by atoms with Crippen LogP contribution in [0.15, 0.2) is 40.9 Å². The summed E-state index contributed by atoms with van der Waals surface area (Å²) in [6.07, 6.45) is 5.28. The van der Waals surface area contributed by atoms with Gasteiger partial charge < -0.3 is 14.7 Å². The molecule has 0 radical (unpaired) electrons. The summed E-state index contributed by atoms with van der Waals surface area (Å²) in [4.78, 5) is 28.4. The Kier molecular flexibility index (Phi) is 5.67. The molecule has 29 heavy (non-hydrogen) atoms. The van der Waals surface area contributed by atoms with Gasteiger partial charge in [0.15, 0.2) is 0 Å². The highest BCUT2D eigenvalue weighted by atomic mass is 16.5. The molecule has 7 heteroatoms. The fraction of sp³-hybridized carbons (Fsp3) is 0.500. The van der Waals surface area contributed by atoms with Gasteiger partial charge in [0.25, 0.3) is 5.91 Å². The Morgan fingerprint density at radius 2 is 1.93 bits per heavy atom. The summed E-state index contributed by atoms with van der Waals surface area (Å²) in [6.45, 7) is 1.96. The van der Waals surface area contributed by atoms with Gasteiger partial charge in [-0.3, -0.25) is 9.69 Å². The summed E-state index contributed by atoms with van der Waals surface area (Å²) in [6, 6.07) is 11.7. The lowest BCUT2D eigenvalue weighted by Gasteiger charge is -2.22. The second-order valence-corrected chi connectivity index (χ2v) is 8.13. The summed E-state index contributed by atoms with van der Waals surface area (Å²) in [5.74, 6) is 0.832. The third-order valence-corrected chi connectivity index (χ3v) is 6.00. The van der Waals surface area contributed by atoms with E-state index in [1.165, 1.54) is 4.90 Å². The van der Waals surface area contributed by atoms with Crippen LogP contribution in [0.1, 0.15) is 37.9 Å². The molecule has 1 aromatic carbocycles. The van der Waals surface area contributed by atoms with Gasteiger partial charge in [-0.05, 0) is 32.9 Å². The van der Waals surface area contributed by atoms with Crippen molar-refractivity contribution < 1.29 is 14.1 Å². The van der Waals surface area contributed by atoms with E-state index in [2.05, 4.69) is 15.4 Å². The Balaban J connectivity index is 1.21. The van der Waals surface area contributed by atoms with Crippen LogP contribution in [-0.4, -0.2) is 59.1 Å². The van der Waals surface area contributed by atoms with E-state index in [1.54, 1.807) is 0 Å². The van der Waals surface area contributed by atoms with Crippen molar-refractivity contribution in [1.29, 1.82) is 0 Å². The van der Waals surface area contributed by atoms with Crippen LogP contribution in [0.4, 0.5) is 4.79 Å². The molecule has 1 N–H and O–H groups in total. The molecule has 1 aromatic heterocycles. The minimum absolute atomic E-state index is 0.0384. The number of hydrogen-bond donors (Lipinski definition) is 1. The van der Waals surface area contributed by atoms with Crippen molar-refractivity contribution in [3.8, 4) is 11.3 Å². The van der Waals surface area contributed by atoms with Gasteiger partial charge in [0, 0.05) is 31.1 Å². The Morgan fingerprint density at radius 1 is 1.17 bits per heavy atom. The first kappa shape index (κ1) is 19.6. The largest absolute Gasteiger partial charge is 0.361 e. The minimum atomic E-state index is -0.613. The molecule has 2 fully saturated rings. The molecule has 1 saturated heterocycles. The summed E-state index contributed by atoms with van der Waals surface area (Å²) in [7, 11) is 2.01. The molecule has 0 unspecified atom stereocenters. The van der Waals surface area contributed by atoms with Crippen molar-refractivity contribution in [2.75, 3.05) is 26.7 Å². The quantitative estimate of drug-likeness (QED) is 0.694. The topological polar surface area (TPSA) is 78.7 Å². The number of aromatic nitrogens is 1. The lowest BCUT2D eigenvalue weighted by Crippen LogP contribution is -2.44. The van der Waals surface area contributed by atoms with Gasteiger partial charge in [-0.15, -0.1) is 0 Å². The van der Waals surface area contributed by atoms with Gasteiger partial charge in [0.1, 0.15) is 17.0 Å². The Bertz CT molecular complexity index is 858. The molecule has 2 aliphatic rings. The maximum absolute atomic E-state index is 12.7. The van der Waals surface area contributed by atoms with E-state index in [0.29, 0.717) is 13.1 Å². The predicted octanol–water partition coefficient (Wildman–Crippen LogP) is 3.07. The second kappa shape index (κ2) is 8.37. The summed E-state index contributed by atoms with van der Waals surface area (Å²) >= 11 is 0. The number of carbonyl (C=O) groups is 2. The van der Waals surface area contributed by atoms with Crippen molar-refractivity contribution in [1.82, 2.24) is 20.3 Å². The third-order valence-electron chi connectivity index (χ3n) is 6.00. The molecule has 4 rings (SSSR count). The van der Waals surface area contributed by atoms with Crippen molar-refractivity contribution in [2.24, 2.45) is 0 Å². The fourth-order valence-electron chi connectivity index (χ4n) is 4.28. The van der Waals surface area contributed by atoms with E-state index >= 15 is 0 Å². The number of amides is 3. The zero-order valence-electron chi connectivity index (χ0n) is 16.9. The van der Waals surface area contributed by atoms with E-state index in [4.69, 9.17) is 4.52 Å². The SMILES string of the molecule is CN(CCCc1cc(-c2ccccc2)no1)CCN1C(=O)NC2(CCCC2)C1=O. The Labute approximate surface area is 171 Å². The van der Waals surface area contributed by atoms with Gasteiger partial charge in [0.05, 0.1) is 0 Å². The fourth-order valence-corrected chi connectivity index (χ4v) is 4.28. The number of imide groups is 1. The van der Waals surface area contributed by atoms with Crippen LogP contribution in [0.2, 0.25) is 0 Å².